The largest absolute Gasteiger partial charge is 0.406 e. The van der Waals surface area contributed by atoms with E-state index in [1.807, 2.05) is 0 Å². The van der Waals surface area contributed by atoms with Gasteiger partial charge in [-0.1, -0.05) is 0 Å². The van der Waals surface area contributed by atoms with Crippen molar-refractivity contribution in [2.24, 2.45) is 0 Å². The van der Waals surface area contributed by atoms with Gasteiger partial charge < -0.3 is 4.90 Å². The summed E-state index contributed by atoms with van der Waals surface area (Å²) in [5.41, 5.74) is 0.164. The molecule has 1 amide bonds. The molecule has 120 valence electrons. The Balaban J connectivity index is 1.82. The predicted molar refractivity (Wildman–Crippen MR) is 67.1 cm³/mol. The second-order valence-corrected chi connectivity index (χ2v) is 5.59. The molecule has 2 aliphatic rings. The third kappa shape index (κ3) is 2.77. The third-order valence-corrected chi connectivity index (χ3v) is 3.86. The number of alkyl halides is 3. The summed E-state index contributed by atoms with van der Waals surface area (Å²) in [6.45, 7) is -1.34. The Kier molecular flexibility index (Phi) is 3.33. The highest BCUT2D eigenvalue weighted by Gasteiger charge is 2.42. The molecule has 0 aromatic carbocycles. The van der Waals surface area contributed by atoms with Crippen LogP contribution in [0.1, 0.15) is 36.9 Å². The van der Waals surface area contributed by atoms with Crippen molar-refractivity contribution in [2.75, 3.05) is 13.1 Å². The Bertz CT molecular complexity index is 624. The number of hydrogen-bond donors (Lipinski definition) is 0. The summed E-state index contributed by atoms with van der Waals surface area (Å²) < 4.78 is 38.3. The molecular formula is C12H13F3N4O3. The fraction of sp³-hybridized carbons (Fsp3) is 0.667. The average molecular weight is 318 g/mol. The molecule has 0 N–H and O–H groups in total. The molecule has 22 heavy (non-hydrogen) atoms. The van der Waals surface area contributed by atoms with Gasteiger partial charge in [0.15, 0.2) is 0 Å². The van der Waals surface area contributed by atoms with Gasteiger partial charge in [-0.05, 0) is 19.3 Å². The molecule has 1 atom stereocenters. The summed E-state index contributed by atoms with van der Waals surface area (Å²) in [5, 5.41) is 15.1. The lowest BCUT2D eigenvalue weighted by Gasteiger charge is -2.18. The van der Waals surface area contributed by atoms with Crippen LogP contribution in [0.25, 0.3) is 0 Å². The molecule has 3 rings (SSSR count). The van der Waals surface area contributed by atoms with Gasteiger partial charge in [0.2, 0.25) is 5.91 Å². The zero-order valence-corrected chi connectivity index (χ0v) is 11.4. The van der Waals surface area contributed by atoms with Crippen LogP contribution in [0.15, 0.2) is 6.20 Å². The van der Waals surface area contributed by atoms with Gasteiger partial charge in [-0.25, -0.2) is 0 Å². The van der Waals surface area contributed by atoms with E-state index in [2.05, 4.69) is 5.10 Å². The van der Waals surface area contributed by atoms with Crippen LogP contribution in [0.3, 0.4) is 0 Å². The molecule has 10 heteroatoms. The maximum Gasteiger partial charge on any atom is 0.406 e. The highest BCUT2D eigenvalue weighted by Crippen LogP contribution is 2.43. The topological polar surface area (TPSA) is 81.3 Å². The number of aromatic nitrogens is 2. The summed E-state index contributed by atoms with van der Waals surface area (Å²) in [6, 6.07) is -0.895. The Morgan fingerprint density at radius 3 is 2.59 bits per heavy atom. The minimum absolute atomic E-state index is 0.0180. The molecule has 1 unspecified atom stereocenters. The Morgan fingerprint density at radius 2 is 2.05 bits per heavy atom. The average Bonchev–Trinajstić information content (AvgIpc) is 3.06. The molecular weight excluding hydrogens is 305 g/mol. The molecule has 2 heterocycles. The second-order valence-electron chi connectivity index (χ2n) is 5.59. The van der Waals surface area contributed by atoms with Gasteiger partial charge in [-0.2, -0.15) is 18.3 Å². The van der Waals surface area contributed by atoms with E-state index < -0.39 is 29.6 Å². The minimum atomic E-state index is -4.46. The highest BCUT2D eigenvalue weighted by atomic mass is 19.4. The lowest BCUT2D eigenvalue weighted by molar-refractivity contribution is -0.385. The van der Waals surface area contributed by atoms with Gasteiger partial charge in [0.1, 0.15) is 24.5 Å². The SMILES string of the molecule is O=C1C(n2cc([N+](=O)[O-])c(C3CC3)n2)CCN1CC(F)(F)F. The zero-order valence-electron chi connectivity index (χ0n) is 11.4. The number of halogens is 3. The quantitative estimate of drug-likeness (QED) is 0.628. The molecule has 1 saturated carbocycles. The van der Waals surface area contributed by atoms with Crippen molar-refractivity contribution in [3.63, 3.8) is 0 Å². The van der Waals surface area contributed by atoms with Crippen LogP contribution in [0.2, 0.25) is 0 Å². The van der Waals surface area contributed by atoms with Gasteiger partial charge in [0.25, 0.3) is 0 Å². The van der Waals surface area contributed by atoms with Crippen LogP contribution in [0.4, 0.5) is 18.9 Å². The number of amides is 1. The monoisotopic (exact) mass is 318 g/mol. The maximum atomic E-state index is 12.4. The molecule has 0 bridgehead atoms. The van der Waals surface area contributed by atoms with Crippen molar-refractivity contribution in [2.45, 2.75) is 37.4 Å². The van der Waals surface area contributed by atoms with Crippen LogP contribution < -0.4 is 0 Å². The van der Waals surface area contributed by atoms with Crippen LogP contribution in [-0.2, 0) is 4.79 Å². The summed E-state index contributed by atoms with van der Waals surface area (Å²) in [4.78, 5) is 23.2. The van der Waals surface area contributed by atoms with Crippen molar-refractivity contribution >= 4 is 11.6 Å². The first-order chi connectivity index (χ1) is 10.3. The number of carbonyl (C=O) groups is 1. The lowest BCUT2D eigenvalue weighted by Crippen LogP contribution is -2.36. The zero-order chi connectivity index (χ0) is 16.1. The second kappa shape index (κ2) is 4.96. The summed E-state index contributed by atoms with van der Waals surface area (Å²) in [5.74, 6) is -0.679. The number of likely N-dealkylation sites (tertiary alicyclic amines) is 1. The first kappa shape index (κ1) is 14.8. The maximum absolute atomic E-state index is 12.4. The van der Waals surface area contributed by atoms with E-state index in [1.54, 1.807) is 0 Å². The molecule has 1 aromatic rings. The van der Waals surface area contributed by atoms with Crippen LogP contribution in [-0.4, -0.2) is 44.8 Å². The fourth-order valence-corrected chi connectivity index (χ4v) is 2.69. The van der Waals surface area contributed by atoms with Crippen molar-refractivity contribution in [3.05, 3.63) is 22.0 Å². The standard InChI is InChI=1S/C12H13F3N4O3/c13-12(14,15)6-17-4-3-8(11(17)20)18-5-9(19(21)22)10(16-18)7-1-2-7/h5,7-8H,1-4,6H2. The highest BCUT2D eigenvalue weighted by molar-refractivity contribution is 5.82. The van der Waals surface area contributed by atoms with Crippen molar-refractivity contribution < 1.29 is 22.9 Å². The van der Waals surface area contributed by atoms with E-state index in [4.69, 9.17) is 0 Å². The Morgan fingerprint density at radius 1 is 1.36 bits per heavy atom. The van der Waals surface area contributed by atoms with Crippen molar-refractivity contribution in [1.82, 2.24) is 14.7 Å². The summed E-state index contributed by atoms with van der Waals surface area (Å²) in [6.07, 6.45) is -1.53. The van der Waals surface area contributed by atoms with Crippen molar-refractivity contribution in [1.29, 1.82) is 0 Å². The molecule has 1 aromatic heterocycles. The van der Waals surface area contributed by atoms with E-state index in [0.29, 0.717) is 5.69 Å². The van der Waals surface area contributed by atoms with Gasteiger partial charge in [0, 0.05) is 12.5 Å². The first-order valence-electron chi connectivity index (χ1n) is 6.85. The summed E-state index contributed by atoms with van der Waals surface area (Å²) in [7, 11) is 0. The van der Waals surface area contributed by atoms with Gasteiger partial charge in [-0.15, -0.1) is 0 Å². The third-order valence-electron chi connectivity index (χ3n) is 3.86. The van der Waals surface area contributed by atoms with Gasteiger partial charge in [-0.3, -0.25) is 19.6 Å². The molecule has 0 radical (unpaired) electrons. The van der Waals surface area contributed by atoms with E-state index in [0.717, 1.165) is 28.6 Å². The van der Waals surface area contributed by atoms with E-state index in [-0.39, 0.29) is 24.6 Å². The van der Waals surface area contributed by atoms with Gasteiger partial charge in [0.05, 0.1) is 4.92 Å². The molecule has 1 saturated heterocycles. The smallest absolute Gasteiger partial charge is 0.332 e. The van der Waals surface area contributed by atoms with Crippen LogP contribution >= 0.6 is 0 Å². The van der Waals surface area contributed by atoms with E-state index in [9.17, 15) is 28.1 Å². The van der Waals surface area contributed by atoms with Crippen LogP contribution in [0.5, 0.6) is 0 Å². The van der Waals surface area contributed by atoms with Gasteiger partial charge >= 0.3 is 11.9 Å². The summed E-state index contributed by atoms with van der Waals surface area (Å²) >= 11 is 0. The number of carbonyl (C=O) groups excluding carboxylic acids is 1. The Hall–Kier alpha value is -2.13. The molecule has 0 spiro atoms. The number of rotatable bonds is 4. The molecule has 1 aliphatic heterocycles. The lowest BCUT2D eigenvalue weighted by atomic mass is 10.2. The number of nitro groups is 1. The first-order valence-corrected chi connectivity index (χ1v) is 6.85. The van der Waals surface area contributed by atoms with E-state index >= 15 is 0 Å². The van der Waals surface area contributed by atoms with Crippen LogP contribution in [0, 0.1) is 10.1 Å². The molecule has 2 fully saturated rings. The minimum Gasteiger partial charge on any atom is -0.332 e. The van der Waals surface area contributed by atoms with Crippen molar-refractivity contribution in [3.8, 4) is 0 Å². The number of hydrogen-bond acceptors (Lipinski definition) is 4. The predicted octanol–water partition coefficient (Wildman–Crippen LogP) is 2.00. The molecule has 7 nitrogen and oxygen atoms in total. The number of nitrogens with zero attached hydrogens (tertiary/aromatic N) is 4. The molecule has 1 aliphatic carbocycles. The Labute approximate surface area is 122 Å². The van der Waals surface area contributed by atoms with E-state index in [1.165, 1.54) is 0 Å². The normalized spacial score (nSPS) is 22.4. The fourth-order valence-electron chi connectivity index (χ4n) is 2.69.